The Morgan fingerprint density at radius 3 is 2.60 bits per heavy atom. The quantitative estimate of drug-likeness (QED) is 0.516. The lowest BCUT2D eigenvalue weighted by Crippen LogP contribution is -2.39. The second-order valence-electron chi connectivity index (χ2n) is 6.20. The number of ether oxygens (including phenoxy) is 1. The molecule has 0 aliphatic carbocycles. The summed E-state index contributed by atoms with van der Waals surface area (Å²) >= 11 is 0. The van der Waals surface area contributed by atoms with Crippen LogP contribution in [0.4, 0.5) is 0 Å². The van der Waals surface area contributed by atoms with Crippen LogP contribution in [0.3, 0.4) is 0 Å². The Morgan fingerprint density at radius 1 is 1.28 bits per heavy atom. The zero-order chi connectivity index (χ0) is 18.9. The van der Waals surface area contributed by atoms with Gasteiger partial charge in [0.15, 0.2) is 5.96 Å². The maximum absolute atomic E-state index is 11.2. The molecule has 1 unspecified atom stereocenters. The molecule has 0 radical (unpaired) electrons. The van der Waals surface area contributed by atoms with Gasteiger partial charge in [-0.25, -0.2) is 13.4 Å². The van der Waals surface area contributed by atoms with E-state index in [9.17, 15) is 8.42 Å². The van der Waals surface area contributed by atoms with Crippen molar-refractivity contribution >= 4 is 15.8 Å². The second-order valence-corrected chi connectivity index (χ2v) is 8.46. The van der Waals surface area contributed by atoms with Gasteiger partial charge in [-0.05, 0) is 38.8 Å². The number of benzene rings is 1. The molecular formula is C18H31N3O3S. The van der Waals surface area contributed by atoms with Gasteiger partial charge in [0.2, 0.25) is 0 Å². The molecule has 25 heavy (non-hydrogen) atoms. The molecule has 0 aliphatic heterocycles. The Hall–Kier alpha value is -1.76. The average molecular weight is 370 g/mol. The number of aryl methyl sites for hydroxylation is 1. The van der Waals surface area contributed by atoms with Gasteiger partial charge in [0.25, 0.3) is 0 Å². The molecule has 0 saturated carbocycles. The summed E-state index contributed by atoms with van der Waals surface area (Å²) in [5, 5.41) is 6.17. The molecular weight excluding hydrogens is 338 g/mol. The smallest absolute Gasteiger partial charge is 0.191 e. The van der Waals surface area contributed by atoms with Crippen LogP contribution in [-0.4, -0.2) is 45.6 Å². The van der Waals surface area contributed by atoms with E-state index < -0.39 is 9.84 Å². The SMILES string of the molecule is CCNC(=NCc1ccc(C)cc1OC(C)CC)NCCS(C)(=O)=O. The first-order valence-corrected chi connectivity index (χ1v) is 10.8. The minimum atomic E-state index is -3.00. The number of guanidine groups is 1. The summed E-state index contributed by atoms with van der Waals surface area (Å²) in [5.41, 5.74) is 2.15. The van der Waals surface area contributed by atoms with Crippen molar-refractivity contribution in [2.45, 2.75) is 46.8 Å². The molecule has 0 aliphatic rings. The lowest BCUT2D eigenvalue weighted by molar-refractivity contribution is 0.215. The van der Waals surface area contributed by atoms with Gasteiger partial charge in [0.1, 0.15) is 15.6 Å². The minimum absolute atomic E-state index is 0.0737. The molecule has 0 aromatic heterocycles. The summed E-state index contributed by atoms with van der Waals surface area (Å²) in [6, 6.07) is 6.09. The largest absolute Gasteiger partial charge is 0.490 e. The number of hydrogen-bond donors (Lipinski definition) is 2. The first-order valence-electron chi connectivity index (χ1n) is 8.71. The molecule has 7 heteroatoms. The van der Waals surface area contributed by atoms with E-state index in [1.165, 1.54) is 6.26 Å². The predicted octanol–water partition coefficient (Wildman–Crippen LogP) is 2.27. The maximum Gasteiger partial charge on any atom is 0.191 e. The summed E-state index contributed by atoms with van der Waals surface area (Å²) in [6.07, 6.45) is 2.31. The van der Waals surface area contributed by atoms with Crippen molar-refractivity contribution in [2.75, 3.05) is 25.1 Å². The van der Waals surface area contributed by atoms with Gasteiger partial charge in [0.05, 0.1) is 18.4 Å². The third-order valence-corrected chi connectivity index (χ3v) is 4.59. The summed E-state index contributed by atoms with van der Waals surface area (Å²) in [7, 11) is -3.00. The zero-order valence-electron chi connectivity index (χ0n) is 15.9. The van der Waals surface area contributed by atoms with Crippen LogP contribution in [0.2, 0.25) is 0 Å². The lowest BCUT2D eigenvalue weighted by atomic mass is 10.1. The van der Waals surface area contributed by atoms with Gasteiger partial charge in [0, 0.05) is 24.9 Å². The van der Waals surface area contributed by atoms with Crippen LogP contribution < -0.4 is 15.4 Å². The van der Waals surface area contributed by atoms with Crippen LogP contribution in [0.15, 0.2) is 23.2 Å². The molecule has 0 spiro atoms. The zero-order valence-corrected chi connectivity index (χ0v) is 16.7. The Labute approximate surface area is 152 Å². The van der Waals surface area contributed by atoms with E-state index in [-0.39, 0.29) is 11.9 Å². The van der Waals surface area contributed by atoms with Crippen molar-refractivity contribution in [3.05, 3.63) is 29.3 Å². The Kier molecular flexibility index (Phi) is 8.75. The van der Waals surface area contributed by atoms with Crippen molar-refractivity contribution in [3.63, 3.8) is 0 Å². The molecule has 0 heterocycles. The maximum atomic E-state index is 11.2. The van der Waals surface area contributed by atoms with Crippen molar-refractivity contribution in [1.29, 1.82) is 0 Å². The number of aliphatic imine (C=N–C) groups is 1. The number of nitrogens with one attached hydrogen (secondary N) is 2. The summed E-state index contributed by atoms with van der Waals surface area (Å²) < 4.78 is 28.5. The van der Waals surface area contributed by atoms with Crippen LogP contribution in [-0.2, 0) is 16.4 Å². The van der Waals surface area contributed by atoms with E-state index in [2.05, 4.69) is 22.5 Å². The van der Waals surface area contributed by atoms with Gasteiger partial charge < -0.3 is 15.4 Å². The van der Waals surface area contributed by atoms with Gasteiger partial charge in [-0.15, -0.1) is 0 Å². The topological polar surface area (TPSA) is 79.8 Å². The van der Waals surface area contributed by atoms with Gasteiger partial charge >= 0.3 is 0 Å². The van der Waals surface area contributed by atoms with Crippen molar-refractivity contribution in [1.82, 2.24) is 10.6 Å². The van der Waals surface area contributed by atoms with E-state index in [1.54, 1.807) is 0 Å². The summed E-state index contributed by atoms with van der Waals surface area (Å²) in [5.74, 6) is 1.52. The van der Waals surface area contributed by atoms with Crippen LogP contribution in [0.1, 0.15) is 38.3 Å². The second kappa shape index (κ2) is 10.3. The highest BCUT2D eigenvalue weighted by atomic mass is 32.2. The summed E-state index contributed by atoms with van der Waals surface area (Å²) in [6.45, 7) is 9.63. The predicted molar refractivity (Wildman–Crippen MR) is 104 cm³/mol. The Morgan fingerprint density at radius 2 is 2.00 bits per heavy atom. The third kappa shape index (κ3) is 8.77. The van der Waals surface area contributed by atoms with Gasteiger partial charge in [-0.3, -0.25) is 0 Å². The fourth-order valence-electron chi connectivity index (χ4n) is 2.06. The van der Waals surface area contributed by atoms with Crippen molar-refractivity contribution < 1.29 is 13.2 Å². The van der Waals surface area contributed by atoms with E-state index >= 15 is 0 Å². The number of nitrogens with zero attached hydrogens (tertiary/aromatic N) is 1. The minimum Gasteiger partial charge on any atom is -0.490 e. The Balaban J connectivity index is 2.83. The van der Waals surface area contributed by atoms with Crippen molar-refractivity contribution in [2.24, 2.45) is 4.99 Å². The Bertz CT molecular complexity index is 672. The molecule has 1 rings (SSSR count). The number of hydrogen-bond acceptors (Lipinski definition) is 4. The van der Waals surface area contributed by atoms with Crippen LogP contribution in [0.25, 0.3) is 0 Å². The van der Waals surface area contributed by atoms with E-state index in [4.69, 9.17) is 4.74 Å². The molecule has 0 fully saturated rings. The fraction of sp³-hybridized carbons (Fsp3) is 0.611. The molecule has 2 N–H and O–H groups in total. The molecule has 1 aromatic rings. The van der Waals surface area contributed by atoms with Gasteiger partial charge in [-0.1, -0.05) is 19.1 Å². The molecule has 1 atom stereocenters. The fourth-order valence-corrected chi connectivity index (χ4v) is 2.54. The van der Waals surface area contributed by atoms with E-state index in [1.807, 2.05) is 39.0 Å². The lowest BCUT2D eigenvalue weighted by Gasteiger charge is -2.17. The highest BCUT2D eigenvalue weighted by molar-refractivity contribution is 7.90. The molecule has 0 amide bonds. The molecule has 6 nitrogen and oxygen atoms in total. The van der Waals surface area contributed by atoms with E-state index in [0.29, 0.717) is 25.6 Å². The van der Waals surface area contributed by atoms with E-state index in [0.717, 1.165) is 23.3 Å². The van der Waals surface area contributed by atoms with Crippen molar-refractivity contribution in [3.8, 4) is 5.75 Å². The monoisotopic (exact) mass is 369 g/mol. The highest BCUT2D eigenvalue weighted by Gasteiger charge is 2.08. The van der Waals surface area contributed by atoms with Gasteiger partial charge in [-0.2, -0.15) is 0 Å². The standard InChI is InChI=1S/C18H31N3O3S/c1-6-15(4)24-17-12-14(3)8-9-16(17)13-21-18(19-7-2)20-10-11-25(5,22)23/h8-9,12,15H,6-7,10-11,13H2,1-5H3,(H2,19,20,21). The highest BCUT2D eigenvalue weighted by Crippen LogP contribution is 2.23. The first kappa shape index (κ1) is 21.3. The third-order valence-electron chi connectivity index (χ3n) is 3.64. The molecule has 142 valence electrons. The average Bonchev–Trinajstić information content (AvgIpc) is 2.52. The number of sulfone groups is 1. The number of rotatable bonds is 9. The molecule has 1 aromatic carbocycles. The van der Waals surface area contributed by atoms with Crippen LogP contribution >= 0.6 is 0 Å². The van der Waals surface area contributed by atoms with Crippen LogP contribution in [0.5, 0.6) is 5.75 Å². The van der Waals surface area contributed by atoms with Crippen LogP contribution in [0, 0.1) is 6.92 Å². The molecule has 0 saturated heterocycles. The summed E-state index contributed by atoms with van der Waals surface area (Å²) in [4.78, 5) is 4.55. The normalized spacial score (nSPS) is 13.4. The first-order chi connectivity index (χ1) is 11.7. The molecule has 0 bridgehead atoms.